The normalized spacial score (nSPS) is 14.2. The Morgan fingerprint density at radius 2 is 1.65 bits per heavy atom. The van der Waals surface area contributed by atoms with E-state index < -0.39 is 5.60 Å². The van der Waals surface area contributed by atoms with Crippen LogP contribution in [0.15, 0.2) is 89.4 Å². The van der Waals surface area contributed by atoms with E-state index in [9.17, 15) is 5.11 Å². The predicted octanol–water partition coefficient (Wildman–Crippen LogP) is 7.24. The molecule has 4 aromatic rings. The Morgan fingerprint density at radius 3 is 2.29 bits per heavy atom. The van der Waals surface area contributed by atoms with Crippen LogP contribution in [0.3, 0.4) is 0 Å². The summed E-state index contributed by atoms with van der Waals surface area (Å²) in [7, 11) is 5.73. The lowest BCUT2D eigenvalue weighted by Gasteiger charge is -2.39. The molecule has 3 nitrogen and oxygen atoms in total. The smallest absolute Gasteiger partial charge is 0.123 e. The minimum atomic E-state index is -1.19. The van der Waals surface area contributed by atoms with Gasteiger partial charge in [0.05, 0.1) is 7.11 Å². The van der Waals surface area contributed by atoms with Crippen molar-refractivity contribution < 1.29 is 9.84 Å². The molecule has 2 unspecified atom stereocenters. The molecule has 0 aliphatic heterocycles. The average molecular weight is 539 g/mol. The van der Waals surface area contributed by atoms with Crippen LogP contribution < -0.4 is 4.74 Å². The van der Waals surface area contributed by atoms with Gasteiger partial charge in [-0.1, -0.05) is 76.1 Å². The fourth-order valence-corrected chi connectivity index (χ4v) is 5.12. The van der Waals surface area contributed by atoms with Gasteiger partial charge in [-0.05, 0) is 78.8 Å². The highest BCUT2D eigenvalue weighted by Crippen LogP contribution is 2.48. The van der Waals surface area contributed by atoms with Gasteiger partial charge in [-0.3, -0.25) is 0 Å². The quantitative estimate of drug-likeness (QED) is 0.257. The number of ether oxygens (including phenoxy) is 1. The highest BCUT2D eigenvalue weighted by Gasteiger charge is 2.41. The summed E-state index contributed by atoms with van der Waals surface area (Å²) in [6, 6.07) is 28.1. The first-order valence-corrected chi connectivity index (χ1v) is 12.4. The van der Waals surface area contributed by atoms with Crippen LogP contribution in [0.25, 0.3) is 10.8 Å². The molecule has 34 heavy (non-hydrogen) atoms. The van der Waals surface area contributed by atoms with Crippen molar-refractivity contribution in [2.24, 2.45) is 0 Å². The second-order valence-electron chi connectivity index (χ2n) is 8.91. The van der Waals surface area contributed by atoms with E-state index in [4.69, 9.17) is 16.3 Å². The third-order valence-corrected chi connectivity index (χ3v) is 7.10. The van der Waals surface area contributed by atoms with Gasteiger partial charge in [0, 0.05) is 27.5 Å². The lowest BCUT2D eigenvalue weighted by molar-refractivity contribution is 0.00394. The number of methoxy groups -OCH3 is 1. The summed E-state index contributed by atoms with van der Waals surface area (Å²) >= 11 is 9.85. The van der Waals surface area contributed by atoms with Crippen LogP contribution in [0.2, 0.25) is 5.02 Å². The Balaban J connectivity index is 2.01. The van der Waals surface area contributed by atoms with Crippen molar-refractivity contribution in [1.82, 2.24) is 4.90 Å². The first-order valence-electron chi connectivity index (χ1n) is 11.3. The fraction of sp³-hybridized carbons (Fsp3) is 0.241. The summed E-state index contributed by atoms with van der Waals surface area (Å²) in [6.07, 6.45) is 0.539. The van der Waals surface area contributed by atoms with Crippen LogP contribution in [0, 0.1) is 0 Å². The fourth-order valence-electron chi connectivity index (χ4n) is 4.61. The number of rotatable bonds is 8. The average Bonchev–Trinajstić information content (AvgIpc) is 2.84. The number of fused-ring (bicyclic) bond motifs is 1. The first-order chi connectivity index (χ1) is 16.3. The van der Waals surface area contributed by atoms with Gasteiger partial charge in [0.15, 0.2) is 0 Å². The minimum Gasteiger partial charge on any atom is -0.496 e. The molecule has 0 radical (unpaired) electrons. The molecule has 0 saturated carbocycles. The SMILES string of the molecule is COc1cc2ccc(Br)cc2cc1C(c1ccc(Cl)cc1)C(O)(CCN(C)C)c1ccccc1. The number of halogens is 2. The molecule has 0 heterocycles. The van der Waals surface area contributed by atoms with Crippen molar-refractivity contribution in [3.8, 4) is 5.75 Å². The number of hydrogen-bond acceptors (Lipinski definition) is 3. The van der Waals surface area contributed by atoms with Crippen molar-refractivity contribution in [2.45, 2.75) is 17.9 Å². The predicted molar refractivity (Wildman–Crippen MR) is 145 cm³/mol. The van der Waals surface area contributed by atoms with E-state index in [-0.39, 0.29) is 5.92 Å². The van der Waals surface area contributed by atoms with Crippen molar-refractivity contribution >= 4 is 38.3 Å². The largest absolute Gasteiger partial charge is 0.496 e. The zero-order valence-electron chi connectivity index (χ0n) is 19.6. The van der Waals surface area contributed by atoms with Gasteiger partial charge in [0.2, 0.25) is 0 Å². The summed E-state index contributed by atoms with van der Waals surface area (Å²) in [5.74, 6) is 0.361. The van der Waals surface area contributed by atoms with E-state index in [0.29, 0.717) is 11.4 Å². The standard InChI is InChI=1S/C29H29BrClNO2/c1-32(2)16-15-29(33,23-7-5-4-6-8-23)28(20-10-13-25(31)14-11-20)26-18-22-17-24(30)12-9-21(22)19-27(26)34-3/h4-14,17-19,28,33H,15-16H2,1-3H3. The lowest BCUT2D eigenvalue weighted by Crippen LogP contribution is -2.37. The second-order valence-corrected chi connectivity index (χ2v) is 10.3. The van der Waals surface area contributed by atoms with Crippen LogP contribution in [0.4, 0.5) is 0 Å². The van der Waals surface area contributed by atoms with Crippen molar-refractivity contribution in [3.63, 3.8) is 0 Å². The summed E-state index contributed by atoms with van der Waals surface area (Å²) in [5, 5.41) is 15.4. The molecule has 176 valence electrons. The molecular formula is C29H29BrClNO2. The van der Waals surface area contributed by atoms with E-state index in [0.717, 1.165) is 44.2 Å². The number of nitrogens with zero attached hydrogens (tertiary/aromatic N) is 1. The molecule has 4 aromatic carbocycles. The maximum absolute atomic E-state index is 12.6. The van der Waals surface area contributed by atoms with E-state index in [1.165, 1.54) is 0 Å². The van der Waals surface area contributed by atoms with Crippen LogP contribution in [0.1, 0.15) is 29.0 Å². The molecule has 0 saturated heterocycles. The van der Waals surface area contributed by atoms with Crippen LogP contribution in [-0.2, 0) is 5.60 Å². The third kappa shape index (κ3) is 5.16. The van der Waals surface area contributed by atoms with E-state index in [1.54, 1.807) is 7.11 Å². The second kappa shape index (κ2) is 10.5. The number of hydrogen-bond donors (Lipinski definition) is 1. The molecule has 0 amide bonds. The number of aliphatic hydroxyl groups is 1. The van der Waals surface area contributed by atoms with Crippen molar-refractivity contribution in [2.75, 3.05) is 27.7 Å². The Morgan fingerprint density at radius 1 is 0.941 bits per heavy atom. The topological polar surface area (TPSA) is 32.7 Å². The van der Waals surface area contributed by atoms with Gasteiger partial charge in [-0.25, -0.2) is 0 Å². The Bertz CT molecular complexity index is 1260. The summed E-state index contributed by atoms with van der Waals surface area (Å²) in [4.78, 5) is 2.10. The monoisotopic (exact) mass is 537 g/mol. The maximum atomic E-state index is 12.6. The summed E-state index contributed by atoms with van der Waals surface area (Å²) in [5.41, 5.74) is 1.59. The van der Waals surface area contributed by atoms with Gasteiger partial charge < -0.3 is 14.7 Å². The molecule has 0 fully saturated rings. The van der Waals surface area contributed by atoms with Gasteiger partial charge in [-0.15, -0.1) is 0 Å². The van der Waals surface area contributed by atoms with E-state index in [2.05, 4.69) is 45.1 Å². The van der Waals surface area contributed by atoms with Gasteiger partial charge >= 0.3 is 0 Å². The highest BCUT2D eigenvalue weighted by atomic mass is 79.9. The van der Waals surface area contributed by atoms with Crippen LogP contribution in [0.5, 0.6) is 5.75 Å². The molecule has 0 aromatic heterocycles. The Kier molecular flexibility index (Phi) is 7.63. The Labute approximate surface area is 215 Å². The summed E-state index contributed by atoms with van der Waals surface area (Å²) in [6.45, 7) is 0.719. The maximum Gasteiger partial charge on any atom is 0.123 e. The molecule has 5 heteroatoms. The van der Waals surface area contributed by atoms with Gasteiger partial charge in [0.25, 0.3) is 0 Å². The van der Waals surface area contributed by atoms with Gasteiger partial charge in [0.1, 0.15) is 11.4 Å². The van der Waals surface area contributed by atoms with Crippen LogP contribution >= 0.6 is 27.5 Å². The molecule has 4 rings (SSSR count). The van der Waals surface area contributed by atoms with Crippen molar-refractivity contribution in [1.29, 1.82) is 0 Å². The van der Waals surface area contributed by atoms with Crippen molar-refractivity contribution in [3.05, 3.63) is 111 Å². The minimum absolute atomic E-state index is 0.384. The third-order valence-electron chi connectivity index (χ3n) is 6.36. The molecule has 0 spiro atoms. The number of benzene rings is 4. The molecule has 0 aliphatic rings. The highest BCUT2D eigenvalue weighted by molar-refractivity contribution is 9.10. The zero-order valence-corrected chi connectivity index (χ0v) is 22.0. The zero-order chi connectivity index (χ0) is 24.3. The molecule has 0 aliphatic carbocycles. The molecule has 2 atom stereocenters. The van der Waals surface area contributed by atoms with Gasteiger partial charge in [-0.2, -0.15) is 0 Å². The van der Waals surface area contributed by atoms with E-state index >= 15 is 0 Å². The molecular weight excluding hydrogens is 510 g/mol. The first kappa shape index (κ1) is 24.7. The lowest BCUT2D eigenvalue weighted by atomic mass is 9.71. The molecule has 1 N–H and O–H groups in total. The van der Waals surface area contributed by atoms with Crippen LogP contribution in [-0.4, -0.2) is 37.8 Å². The molecule has 0 bridgehead atoms. The van der Waals surface area contributed by atoms with E-state index in [1.807, 2.05) is 74.8 Å². The Hall–Kier alpha value is -2.37. The summed E-state index contributed by atoms with van der Waals surface area (Å²) < 4.78 is 6.91.